The van der Waals surface area contributed by atoms with Crippen LogP contribution < -0.4 is 10.6 Å². The lowest BCUT2D eigenvalue weighted by Crippen LogP contribution is -2.56. The van der Waals surface area contributed by atoms with Crippen molar-refractivity contribution in [3.8, 4) is 0 Å². The number of nitrogens with one attached hydrogen (secondary N) is 2. The molecule has 1 heterocycles. The van der Waals surface area contributed by atoms with Crippen LogP contribution in [0.4, 0.5) is 18.0 Å². The van der Waals surface area contributed by atoms with E-state index in [4.69, 9.17) is 4.74 Å². The molecule has 0 aliphatic carbocycles. The summed E-state index contributed by atoms with van der Waals surface area (Å²) in [5, 5.41) is 4.94. The number of amides is 2. The zero-order valence-corrected chi connectivity index (χ0v) is 14.5. The third-order valence-electron chi connectivity index (χ3n) is 3.92. The van der Waals surface area contributed by atoms with Crippen LogP contribution in [-0.4, -0.2) is 29.7 Å². The Bertz CT molecular complexity index is 688. The van der Waals surface area contributed by atoms with Crippen molar-refractivity contribution in [1.82, 2.24) is 10.6 Å². The molecule has 1 aliphatic rings. The Labute approximate surface area is 143 Å². The van der Waals surface area contributed by atoms with Gasteiger partial charge >= 0.3 is 6.09 Å². The molecule has 2 rings (SSSR count). The highest BCUT2D eigenvalue weighted by Gasteiger charge is 2.38. The molecule has 1 aromatic carbocycles. The van der Waals surface area contributed by atoms with Gasteiger partial charge in [0.15, 0.2) is 11.6 Å². The Kier molecular flexibility index (Phi) is 5.29. The van der Waals surface area contributed by atoms with Crippen LogP contribution in [0.15, 0.2) is 12.1 Å². The van der Waals surface area contributed by atoms with Crippen molar-refractivity contribution in [2.45, 2.75) is 57.7 Å². The van der Waals surface area contributed by atoms with E-state index in [0.717, 1.165) is 6.07 Å². The van der Waals surface area contributed by atoms with E-state index in [1.165, 1.54) is 0 Å². The van der Waals surface area contributed by atoms with Crippen molar-refractivity contribution in [3.05, 3.63) is 35.1 Å². The van der Waals surface area contributed by atoms with E-state index in [0.29, 0.717) is 6.07 Å². The molecule has 3 atom stereocenters. The van der Waals surface area contributed by atoms with E-state index in [9.17, 15) is 22.8 Å². The van der Waals surface area contributed by atoms with Crippen molar-refractivity contribution >= 4 is 12.0 Å². The van der Waals surface area contributed by atoms with Gasteiger partial charge in [-0.15, -0.1) is 0 Å². The number of ether oxygens (including phenoxy) is 1. The second-order valence-electron chi connectivity index (χ2n) is 7.10. The summed E-state index contributed by atoms with van der Waals surface area (Å²) in [6.45, 7) is 6.55. The smallest absolute Gasteiger partial charge is 0.408 e. The first-order valence-electron chi connectivity index (χ1n) is 7.93. The summed E-state index contributed by atoms with van der Waals surface area (Å²) in [6.07, 6.45) is -0.898. The fourth-order valence-corrected chi connectivity index (χ4v) is 2.82. The normalized spacial score (nSPS) is 23.8. The maximum absolute atomic E-state index is 14.1. The first-order valence-corrected chi connectivity index (χ1v) is 7.93. The van der Waals surface area contributed by atoms with Crippen LogP contribution in [-0.2, 0) is 9.53 Å². The van der Waals surface area contributed by atoms with Crippen LogP contribution in [0, 0.1) is 17.5 Å². The van der Waals surface area contributed by atoms with Gasteiger partial charge in [-0.1, -0.05) is 0 Å². The summed E-state index contributed by atoms with van der Waals surface area (Å²) in [5.74, 6) is -4.69. The predicted octanol–water partition coefficient (Wildman–Crippen LogP) is 2.99. The minimum Gasteiger partial charge on any atom is -0.444 e. The maximum atomic E-state index is 14.1. The van der Waals surface area contributed by atoms with Crippen LogP contribution in [0.2, 0.25) is 0 Å². The molecule has 0 unspecified atom stereocenters. The van der Waals surface area contributed by atoms with Gasteiger partial charge in [0.1, 0.15) is 17.5 Å². The topological polar surface area (TPSA) is 67.4 Å². The first kappa shape index (κ1) is 19.1. The van der Waals surface area contributed by atoms with Gasteiger partial charge in [-0.05, 0) is 46.2 Å². The number of carbonyl (C=O) groups excluding carboxylic acids is 2. The first-order chi connectivity index (χ1) is 11.5. The van der Waals surface area contributed by atoms with Gasteiger partial charge < -0.3 is 15.4 Å². The second-order valence-corrected chi connectivity index (χ2v) is 7.10. The third-order valence-corrected chi connectivity index (χ3v) is 3.92. The Morgan fingerprint density at radius 2 is 1.84 bits per heavy atom. The van der Waals surface area contributed by atoms with Gasteiger partial charge in [-0.25, -0.2) is 18.0 Å². The summed E-state index contributed by atoms with van der Waals surface area (Å²) in [5.41, 5.74) is -1.20. The molecule has 138 valence electrons. The molecular weight excluding hydrogens is 337 g/mol. The molecule has 1 aromatic rings. The highest BCUT2D eigenvalue weighted by atomic mass is 19.2. The van der Waals surface area contributed by atoms with Crippen molar-refractivity contribution in [2.75, 3.05) is 0 Å². The number of hydrogen-bond donors (Lipinski definition) is 2. The Hall–Kier alpha value is -2.25. The van der Waals surface area contributed by atoms with Gasteiger partial charge in [0, 0.05) is 17.5 Å². The van der Waals surface area contributed by atoms with Crippen molar-refractivity contribution < 1.29 is 27.5 Å². The summed E-state index contributed by atoms with van der Waals surface area (Å²) in [7, 11) is 0. The molecule has 1 aliphatic heterocycles. The molecule has 8 heteroatoms. The van der Waals surface area contributed by atoms with Gasteiger partial charge in [-0.2, -0.15) is 0 Å². The van der Waals surface area contributed by atoms with Crippen molar-refractivity contribution in [3.63, 3.8) is 0 Å². The van der Waals surface area contributed by atoms with E-state index in [1.54, 1.807) is 27.7 Å². The average Bonchev–Trinajstić information content (AvgIpc) is 2.46. The van der Waals surface area contributed by atoms with E-state index in [1.807, 2.05) is 0 Å². The van der Waals surface area contributed by atoms with Crippen LogP contribution in [0.1, 0.15) is 45.6 Å². The Morgan fingerprint density at radius 1 is 1.24 bits per heavy atom. The Morgan fingerprint density at radius 3 is 2.44 bits per heavy atom. The van der Waals surface area contributed by atoms with E-state index in [-0.39, 0.29) is 6.42 Å². The Balaban J connectivity index is 2.23. The zero-order chi connectivity index (χ0) is 18.9. The molecule has 2 N–H and O–H groups in total. The zero-order valence-electron chi connectivity index (χ0n) is 14.5. The fourth-order valence-electron chi connectivity index (χ4n) is 2.82. The number of hydrogen-bond acceptors (Lipinski definition) is 3. The number of carbonyl (C=O) groups is 2. The van der Waals surface area contributed by atoms with Gasteiger partial charge in [0.2, 0.25) is 5.91 Å². The molecule has 0 aromatic heterocycles. The number of alkyl carbamates (subject to hydrolysis) is 1. The van der Waals surface area contributed by atoms with E-state index in [2.05, 4.69) is 10.6 Å². The molecule has 0 bridgehead atoms. The molecule has 25 heavy (non-hydrogen) atoms. The summed E-state index contributed by atoms with van der Waals surface area (Å²) in [4.78, 5) is 23.9. The van der Waals surface area contributed by atoms with Crippen molar-refractivity contribution in [1.29, 1.82) is 0 Å². The largest absolute Gasteiger partial charge is 0.444 e. The number of benzene rings is 1. The van der Waals surface area contributed by atoms with Crippen LogP contribution in [0.25, 0.3) is 0 Å². The quantitative estimate of drug-likeness (QED) is 0.799. The second kappa shape index (κ2) is 6.93. The number of rotatable bonds is 2. The van der Waals surface area contributed by atoms with Crippen LogP contribution in [0.5, 0.6) is 0 Å². The fraction of sp³-hybridized carbons (Fsp3) is 0.529. The third kappa shape index (κ3) is 4.43. The van der Waals surface area contributed by atoms with Gasteiger partial charge in [-0.3, -0.25) is 4.79 Å². The monoisotopic (exact) mass is 358 g/mol. The van der Waals surface area contributed by atoms with Gasteiger partial charge in [0.25, 0.3) is 0 Å². The molecule has 2 amide bonds. The number of halogens is 3. The number of piperidine rings is 1. The summed E-state index contributed by atoms with van der Waals surface area (Å²) < 4.78 is 46.7. The maximum Gasteiger partial charge on any atom is 0.408 e. The lowest BCUT2D eigenvalue weighted by molar-refractivity contribution is -0.126. The predicted molar refractivity (Wildman–Crippen MR) is 84.4 cm³/mol. The molecule has 1 saturated heterocycles. The highest BCUT2D eigenvalue weighted by Crippen LogP contribution is 2.33. The molecule has 0 saturated carbocycles. The summed E-state index contributed by atoms with van der Waals surface area (Å²) in [6, 6.07) is -0.128. The highest BCUT2D eigenvalue weighted by molar-refractivity contribution is 5.86. The molecule has 0 spiro atoms. The van der Waals surface area contributed by atoms with E-state index >= 15 is 0 Å². The SMILES string of the molecule is C[C@H]1NC(=O)[C@H](NC(=O)OC(C)(C)C)C[C@H]1c1c(F)ccc(F)c1F. The lowest BCUT2D eigenvalue weighted by Gasteiger charge is -2.35. The van der Waals surface area contributed by atoms with Crippen LogP contribution in [0.3, 0.4) is 0 Å². The minimum absolute atomic E-state index is 0.0798. The van der Waals surface area contributed by atoms with Crippen LogP contribution >= 0.6 is 0 Å². The minimum atomic E-state index is -1.29. The molecular formula is C17H21F3N2O3. The summed E-state index contributed by atoms with van der Waals surface area (Å²) >= 11 is 0. The standard InChI is InChI=1S/C17H21F3N2O3/c1-8-9(13-10(18)5-6-11(19)14(13)20)7-12(15(23)21-8)22-16(24)25-17(2,3)4/h5-6,8-9,12H,7H2,1-4H3,(H,21,23)(H,22,24)/t8-,9-,12-/m1/s1. The molecule has 5 nitrogen and oxygen atoms in total. The van der Waals surface area contributed by atoms with Gasteiger partial charge in [0.05, 0.1) is 0 Å². The van der Waals surface area contributed by atoms with E-state index < -0.39 is 58.6 Å². The molecule has 0 radical (unpaired) electrons. The lowest BCUT2D eigenvalue weighted by atomic mass is 9.82. The van der Waals surface area contributed by atoms with Crippen molar-refractivity contribution in [2.24, 2.45) is 0 Å². The average molecular weight is 358 g/mol. The molecule has 1 fully saturated rings.